The lowest BCUT2D eigenvalue weighted by Crippen LogP contribution is -2.43. The van der Waals surface area contributed by atoms with Gasteiger partial charge in [-0.3, -0.25) is 15.2 Å². The fourth-order valence-corrected chi connectivity index (χ4v) is 3.17. The summed E-state index contributed by atoms with van der Waals surface area (Å²) in [6.07, 6.45) is 1.19. The maximum atomic E-state index is 13.0. The van der Waals surface area contributed by atoms with Gasteiger partial charge in [-0.1, -0.05) is 34.6 Å². The van der Waals surface area contributed by atoms with Crippen LogP contribution in [0, 0.1) is 39.4 Å². The molecule has 1 fully saturated rings. The standard InChI is InChI=1S/C19H27N9O/c1-7-11(8-2)17(29)28-13(10-21)12(9-20)23-18(28)25-24-14-15(19(3,4)5)26-27(6)16(14)22/h11,15,22,26H,7-8H2,1-6H3,(H,23,25). The Hall–Kier alpha value is -3.24. The summed E-state index contributed by atoms with van der Waals surface area (Å²) in [6, 6.07) is 3.52. The number of hydrazine groups is 1. The number of amidine groups is 1. The molecule has 0 saturated carbocycles. The van der Waals surface area contributed by atoms with Crippen molar-refractivity contribution in [2.24, 2.45) is 16.4 Å². The Balaban J connectivity index is 2.53. The van der Waals surface area contributed by atoms with Crippen LogP contribution in [-0.4, -0.2) is 45.1 Å². The van der Waals surface area contributed by atoms with Gasteiger partial charge in [0.05, 0.1) is 6.04 Å². The number of carbonyl (C=O) groups is 1. The molecule has 3 N–H and O–H groups in total. The molecule has 0 aromatic carbocycles. The van der Waals surface area contributed by atoms with Crippen molar-refractivity contribution in [1.29, 1.82) is 15.9 Å². The summed E-state index contributed by atoms with van der Waals surface area (Å²) >= 11 is 0. The van der Waals surface area contributed by atoms with Crippen LogP contribution in [0.4, 0.5) is 5.95 Å². The number of carbonyl (C=O) groups excluding carboxylic acids is 1. The van der Waals surface area contributed by atoms with Gasteiger partial charge in [-0.15, -0.1) is 0 Å². The summed E-state index contributed by atoms with van der Waals surface area (Å²) in [5.74, 6) is -0.441. The van der Waals surface area contributed by atoms with E-state index in [2.05, 4.69) is 20.9 Å². The normalized spacial score (nSPS) is 18.2. The quantitative estimate of drug-likeness (QED) is 0.646. The van der Waals surface area contributed by atoms with Gasteiger partial charge in [0.1, 0.15) is 17.9 Å². The van der Waals surface area contributed by atoms with Crippen molar-refractivity contribution < 1.29 is 4.79 Å². The second-order valence-corrected chi connectivity index (χ2v) is 7.99. The number of anilines is 1. The molecule has 29 heavy (non-hydrogen) atoms. The molecule has 10 nitrogen and oxygen atoms in total. The summed E-state index contributed by atoms with van der Waals surface area (Å²) in [4.78, 5) is 17.1. The molecular weight excluding hydrogens is 370 g/mol. The molecule has 1 unspecified atom stereocenters. The van der Waals surface area contributed by atoms with Gasteiger partial charge in [0.15, 0.2) is 17.2 Å². The molecule has 0 aliphatic carbocycles. The predicted octanol–water partition coefficient (Wildman–Crippen LogP) is 2.31. The molecule has 0 radical (unpaired) electrons. The zero-order valence-corrected chi connectivity index (χ0v) is 17.7. The molecule has 1 aliphatic heterocycles. The van der Waals surface area contributed by atoms with Crippen molar-refractivity contribution in [3.63, 3.8) is 0 Å². The number of nitriles is 2. The summed E-state index contributed by atoms with van der Waals surface area (Å²) in [5, 5.41) is 33.0. The van der Waals surface area contributed by atoms with Crippen molar-refractivity contribution >= 4 is 23.4 Å². The molecule has 1 aromatic heterocycles. The van der Waals surface area contributed by atoms with Gasteiger partial charge in [0, 0.05) is 13.0 Å². The van der Waals surface area contributed by atoms with Gasteiger partial charge in [0.2, 0.25) is 11.9 Å². The van der Waals surface area contributed by atoms with Crippen molar-refractivity contribution in [3.8, 4) is 12.1 Å². The van der Waals surface area contributed by atoms with Crippen molar-refractivity contribution in [2.45, 2.75) is 53.5 Å². The van der Waals surface area contributed by atoms with E-state index in [1.807, 2.05) is 46.8 Å². The third-order valence-electron chi connectivity index (χ3n) is 4.96. The van der Waals surface area contributed by atoms with Crippen LogP contribution in [-0.2, 0) is 0 Å². The monoisotopic (exact) mass is 397 g/mol. The average molecular weight is 397 g/mol. The molecule has 0 bridgehead atoms. The second-order valence-electron chi connectivity index (χ2n) is 7.99. The highest BCUT2D eigenvalue weighted by molar-refractivity contribution is 6.43. The molecule has 1 aliphatic rings. The topological polar surface area (TPSA) is 146 Å². The molecule has 2 rings (SSSR count). The van der Waals surface area contributed by atoms with Crippen LogP contribution in [0.2, 0.25) is 0 Å². The van der Waals surface area contributed by atoms with Crippen LogP contribution in [0.1, 0.15) is 63.6 Å². The van der Waals surface area contributed by atoms with Crippen LogP contribution in [0.15, 0.2) is 5.10 Å². The Labute approximate surface area is 170 Å². The van der Waals surface area contributed by atoms with Crippen LogP contribution in [0.3, 0.4) is 0 Å². The lowest BCUT2D eigenvalue weighted by atomic mass is 9.85. The summed E-state index contributed by atoms with van der Waals surface area (Å²) in [6.45, 7) is 9.84. The maximum Gasteiger partial charge on any atom is 0.237 e. The summed E-state index contributed by atoms with van der Waals surface area (Å²) in [7, 11) is 1.72. The number of hydrazone groups is 1. The molecule has 154 valence electrons. The van der Waals surface area contributed by atoms with Gasteiger partial charge in [-0.05, 0) is 18.3 Å². The van der Waals surface area contributed by atoms with Crippen LogP contribution in [0.25, 0.3) is 0 Å². The second kappa shape index (κ2) is 8.41. The smallest absolute Gasteiger partial charge is 0.237 e. The zero-order chi connectivity index (χ0) is 21.9. The molecule has 1 aromatic rings. The van der Waals surface area contributed by atoms with E-state index in [-0.39, 0.29) is 46.5 Å². The van der Waals surface area contributed by atoms with E-state index >= 15 is 0 Å². The number of rotatable bonds is 5. The molecule has 10 heteroatoms. The molecule has 0 amide bonds. The van der Waals surface area contributed by atoms with Gasteiger partial charge >= 0.3 is 0 Å². The average Bonchev–Trinajstić information content (AvgIpc) is 3.18. The van der Waals surface area contributed by atoms with Gasteiger partial charge in [-0.25, -0.2) is 15.4 Å². The minimum absolute atomic E-state index is 0.00230. The molecular formula is C19H27N9O. The zero-order valence-electron chi connectivity index (χ0n) is 17.7. The van der Waals surface area contributed by atoms with E-state index in [1.54, 1.807) is 12.1 Å². The lowest BCUT2D eigenvalue weighted by molar-refractivity contribution is 0.0828. The number of hydrogen-bond acceptors (Lipinski definition) is 8. The maximum absolute atomic E-state index is 13.0. The summed E-state index contributed by atoms with van der Waals surface area (Å²) in [5.41, 5.74) is 5.88. The molecule has 2 heterocycles. The highest BCUT2D eigenvalue weighted by atomic mass is 16.2. The minimum Gasteiger partial charge on any atom is -0.293 e. The first-order valence-electron chi connectivity index (χ1n) is 9.50. The fourth-order valence-electron chi connectivity index (χ4n) is 3.17. The van der Waals surface area contributed by atoms with E-state index in [0.29, 0.717) is 18.6 Å². The van der Waals surface area contributed by atoms with E-state index in [1.165, 1.54) is 0 Å². The van der Waals surface area contributed by atoms with E-state index < -0.39 is 0 Å². The highest BCUT2D eigenvalue weighted by Gasteiger charge is 2.39. The Morgan fingerprint density at radius 2 is 1.97 bits per heavy atom. The van der Waals surface area contributed by atoms with Gasteiger partial charge < -0.3 is 0 Å². The molecule has 1 atom stereocenters. The van der Waals surface area contributed by atoms with Crippen LogP contribution >= 0.6 is 0 Å². The van der Waals surface area contributed by atoms with Gasteiger partial charge in [0.25, 0.3) is 0 Å². The van der Waals surface area contributed by atoms with E-state index in [4.69, 9.17) is 5.41 Å². The number of nitrogens with one attached hydrogen (secondary N) is 3. The number of aromatic nitrogens is 2. The summed E-state index contributed by atoms with van der Waals surface area (Å²) < 4.78 is 1.13. The van der Waals surface area contributed by atoms with Crippen LogP contribution < -0.4 is 10.9 Å². The SMILES string of the molecule is CCC(CC)C(=O)n1c(NN=C2C(=N)N(C)NC2C(C)(C)C)nc(C#N)c1C#N. The molecule has 0 spiro atoms. The largest absolute Gasteiger partial charge is 0.293 e. The molecule has 1 saturated heterocycles. The number of imidazole rings is 1. The third-order valence-corrected chi connectivity index (χ3v) is 4.96. The van der Waals surface area contributed by atoms with Gasteiger partial charge in [-0.2, -0.15) is 20.6 Å². The first-order chi connectivity index (χ1) is 13.6. The van der Waals surface area contributed by atoms with E-state index in [9.17, 15) is 15.3 Å². The Morgan fingerprint density at radius 1 is 1.34 bits per heavy atom. The minimum atomic E-state index is -0.313. The lowest BCUT2D eigenvalue weighted by Gasteiger charge is -2.26. The van der Waals surface area contributed by atoms with Crippen molar-refractivity contribution in [1.82, 2.24) is 20.0 Å². The third kappa shape index (κ3) is 4.13. The van der Waals surface area contributed by atoms with Crippen molar-refractivity contribution in [3.05, 3.63) is 11.4 Å². The number of hydrogen-bond donors (Lipinski definition) is 3. The first-order valence-corrected chi connectivity index (χ1v) is 9.50. The first kappa shape index (κ1) is 22.1. The predicted molar refractivity (Wildman–Crippen MR) is 109 cm³/mol. The van der Waals surface area contributed by atoms with E-state index in [0.717, 1.165) is 4.57 Å². The Kier molecular flexibility index (Phi) is 6.40. The Morgan fingerprint density at radius 3 is 2.45 bits per heavy atom. The Bertz CT molecular complexity index is 919. The number of nitrogens with zero attached hydrogens (tertiary/aromatic N) is 6. The van der Waals surface area contributed by atoms with Crippen LogP contribution in [0.5, 0.6) is 0 Å². The van der Waals surface area contributed by atoms with Crippen molar-refractivity contribution in [2.75, 3.05) is 12.5 Å². The fraction of sp³-hybridized carbons (Fsp3) is 0.579. The highest BCUT2D eigenvalue weighted by Crippen LogP contribution is 2.25.